The molecule has 1 aliphatic heterocycles. The molecule has 5 nitrogen and oxygen atoms in total. The molecule has 4 N–H and O–H groups in total. The molecule has 1 aliphatic rings. The summed E-state index contributed by atoms with van der Waals surface area (Å²) < 4.78 is 39.2. The van der Waals surface area contributed by atoms with E-state index in [1.165, 1.54) is 23.9 Å². The molecule has 2 aromatic heterocycles. The second kappa shape index (κ2) is 8.18. The first-order valence-corrected chi connectivity index (χ1v) is 10.9. The van der Waals surface area contributed by atoms with Crippen LogP contribution < -0.4 is 11.5 Å². The van der Waals surface area contributed by atoms with Gasteiger partial charge in [0.05, 0.1) is 20.7 Å². The lowest BCUT2D eigenvalue weighted by Crippen LogP contribution is -2.43. The highest BCUT2D eigenvalue weighted by molar-refractivity contribution is 8.09. The molecule has 0 aliphatic carbocycles. The number of halogens is 3. The van der Waals surface area contributed by atoms with E-state index in [9.17, 15) is 13.2 Å². The third kappa shape index (κ3) is 4.31. The number of hydrogen-bond acceptors (Lipinski definition) is 7. The van der Waals surface area contributed by atoms with Crippen LogP contribution in [0.3, 0.4) is 0 Å². The van der Waals surface area contributed by atoms with E-state index in [4.69, 9.17) is 11.5 Å². The molecule has 0 spiro atoms. The van der Waals surface area contributed by atoms with E-state index in [2.05, 4.69) is 9.97 Å². The summed E-state index contributed by atoms with van der Waals surface area (Å²) in [5.41, 5.74) is 14.4. The molecule has 10 heteroatoms. The van der Waals surface area contributed by atoms with E-state index in [1.54, 1.807) is 23.7 Å². The van der Waals surface area contributed by atoms with Crippen molar-refractivity contribution in [1.29, 1.82) is 0 Å². The van der Waals surface area contributed by atoms with Crippen LogP contribution in [-0.2, 0) is 12.6 Å². The van der Waals surface area contributed by atoms with Crippen LogP contribution in [0.2, 0.25) is 0 Å². The summed E-state index contributed by atoms with van der Waals surface area (Å²) in [6.07, 6.45) is -0.368. The van der Waals surface area contributed by atoms with E-state index in [0.29, 0.717) is 13.0 Å². The predicted octanol–water partition coefficient (Wildman–Crippen LogP) is 4.26. The third-order valence-corrected chi connectivity index (χ3v) is 7.27. The number of thiazole rings is 1. The molecule has 2 atom stereocenters. The molecule has 0 amide bonds. The van der Waals surface area contributed by atoms with E-state index in [-0.39, 0.29) is 11.5 Å². The van der Waals surface area contributed by atoms with Gasteiger partial charge in [-0.25, -0.2) is 4.98 Å². The summed E-state index contributed by atoms with van der Waals surface area (Å²) in [7, 11) is 0. The van der Waals surface area contributed by atoms with Gasteiger partial charge in [0.2, 0.25) is 0 Å². The zero-order chi connectivity index (χ0) is 21.5. The highest BCUT2D eigenvalue weighted by Crippen LogP contribution is 2.44. The Morgan fingerprint density at radius 1 is 1.20 bits per heavy atom. The Morgan fingerprint density at radius 3 is 2.60 bits per heavy atom. The summed E-state index contributed by atoms with van der Waals surface area (Å²) in [5, 5.41) is 0.898. The first kappa shape index (κ1) is 21.1. The van der Waals surface area contributed by atoms with Crippen LogP contribution in [0.25, 0.3) is 15.1 Å². The molecule has 158 valence electrons. The van der Waals surface area contributed by atoms with Crippen LogP contribution in [0.15, 0.2) is 48.4 Å². The number of nitrogens with two attached hydrogens (primary N) is 2. The quantitative estimate of drug-likeness (QED) is 0.603. The van der Waals surface area contributed by atoms with E-state index in [0.717, 1.165) is 43.5 Å². The first-order chi connectivity index (χ1) is 14.2. The van der Waals surface area contributed by atoms with Crippen molar-refractivity contribution >= 4 is 38.2 Å². The molecule has 0 fully saturated rings. The summed E-state index contributed by atoms with van der Waals surface area (Å²) in [4.78, 5) is 11.9. The topological polar surface area (TPSA) is 81.1 Å². The van der Waals surface area contributed by atoms with Crippen LogP contribution in [0.1, 0.15) is 23.1 Å². The Labute approximate surface area is 180 Å². The number of alkyl halides is 3. The number of rotatable bonds is 5. The van der Waals surface area contributed by atoms with Crippen molar-refractivity contribution in [3.05, 3.63) is 64.6 Å². The number of benzene rings is 1. The van der Waals surface area contributed by atoms with E-state index in [1.807, 2.05) is 17.9 Å². The van der Waals surface area contributed by atoms with E-state index >= 15 is 0 Å². The monoisotopic (exact) mass is 451 g/mol. The van der Waals surface area contributed by atoms with Gasteiger partial charge in [0.15, 0.2) is 0 Å². The number of fused-ring (bicyclic) bond motifs is 1. The standard InChI is InChI=1S/C20H20F3N5S2/c1-11-17(18-27-15-6-7-26-9-16(15)29-18)30-19(25)28(11)10-14(24)8-12-2-4-13(5-3-12)20(21,22)23/h2-7,9,14,19H,8,10,24-25H2,1H3/t14-,19?/m1/s1. The maximum absolute atomic E-state index is 12.7. The Bertz CT molecular complexity index is 1040. The molecule has 1 unspecified atom stereocenters. The number of pyridine rings is 1. The van der Waals surface area contributed by atoms with E-state index < -0.39 is 11.7 Å². The van der Waals surface area contributed by atoms with Gasteiger partial charge in [0, 0.05) is 30.7 Å². The lowest BCUT2D eigenvalue weighted by atomic mass is 10.0. The molecule has 3 heterocycles. The number of allylic oxidation sites excluding steroid dienone is 1. The minimum absolute atomic E-state index is 0.276. The molecular formula is C20H20F3N5S2. The first-order valence-electron chi connectivity index (χ1n) is 9.25. The van der Waals surface area contributed by atoms with Gasteiger partial charge in [-0.3, -0.25) is 4.98 Å². The maximum atomic E-state index is 12.7. The molecule has 0 saturated heterocycles. The highest BCUT2D eigenvalue weighted by Gasteiger charge is 2.32. The van der Waals surface area contributed by atoms with Crippen molar-refractivity contribution in [3.63, 3.8) is 0 Å². The van der Waals surface area contributed by atoms with Crippen molar-refractivity contribution in [2.24, 2.45) is 11.5 Å². The summed E-state index contributed by atoms with van der Waals surface area (Å²) in [6, 6.07) is 6.73. The van der Waals surface area contributed by atoms with Crippen molar-refractivity contribution < 1.29 is 13.2 Å². The van der Waals surface area contributed by atoms with Gasteiger partial charge < -0.3 is 16.4 Å². The average Bonchev–Trinajstić information content (AvgIpc) is 3.24. The fourth-order valence-corrected chi connectivity index (χ4v) is 5.60. The van der Waals surface area contributed by atoms with Crippen molar-refractivity contribution in [3.8, 4) is 0 Å². The highest BCUT2D eigenvalue weighted by atomic mass is 32.2. The Morgan fingerprint density at radius 2 is 1.93 bits per heavy atom. The van der Waals surface area contributed by atoms with Gasteiger partial charge in [-0.1, -0.05) is 23.9 Å². The van der Waals surface area contributed by atoms with Crippen LogP contribution >= 0.6 is 23.1 Å². The number of thioether (sulfide) groups is 1. The predicted molar refractivity (Wildman–Crippen MR) is 115 cm³/mol. The zero-order valence-corrected chi connectivity index (χ0v) is 17.7. The van der Waals surface area contributed by atoms with Gasteiger partial charge >= 0.3 is 6.18 Å². The summed E-state index contributed by atoms with van der Waals surface area (Å²) in [6.45, 7) is 2.49. The normalized spacial score (nSPS) is 18.5. The lowest BCUT2D eigenvalue weighted by Gasteiger charge is -2.27. The van der Waals surface area contributed by atoms with Crippen LogP contribution in [0.4, 0.5) is 13.2 Å². The molecule has 0 saturated carbocycles. The molecule has 1 aromatic carbocycles. The number of nitrogens with zero attached hydrogens (tertiary/aromatic N) is 3. The molecule has 3 aromatic rings. The van der Waals surface area contributed by atoms with Gasteiger partial charge in [-0.05, 0) is 37.1 Å². The average molecular weight is 452 g/mol. The number of aromatic nitrogens is 2. The minimum atomic E-state index is -4.34. The lowest BCUT2D eigenvalue weighted by molar-refractivity contribution is -0.137. The van der Waals surface area contributed by atoms with Crippen molar-refractivity contribution in [2.45, 2.75) is 31.1 Å². The Balaban J connectivity index is 1.47. The Kier molecular flexibility index (Phi) is 5.75. The van der Waals surface area contributed by atoms with Gasteiger partial charge in [0.25, 0.3) is 0 Å². The molecule has 0 radical (unpaired) electrons. The maximum Gasteiger partial charge on any atom is 0.416 e. The molecule has 0 bridgehead atoms. The van der Waals surface area contributed by atoms with Crippen molar-refractivity contribution in [1.82, 2.24) is 14.9 Å². The Hall–Kier alpha value is -2.14. The molecule has 30 heavy (non-hydrogen) atoms. The van der Waals surface area contributed by atoms with Gasteiger partial charge in [0.1, 0.15) is 10.5 Å². The molecule has 4 rings (SSSR count). The van der Waals surface area contributed by atoms with Crippen LogP contribution in [0, 0.1) is 0 Å². The van der Waals surface area contributed by atoms with Crippen molar-refractivity contribution in [2.75, 3.05) is 6.54 Å². The second-order valence-corrected chi connectivity index (χ2v) is 9.25. The minimum Gasteiger partial charge on any atom is -0.348 e. The summed E-state index contributed by atoms with van der Waals surface area (Å²) in [5.74, 6) is 0. The number of hydrogen-bond donors (Lipinski definition) is 2. The van der Waals surface area contributed by atoms with Crippen LogP contribution in [0.5, 0.6) is 0 Å². The fraction of sp³-hybridized carbons (Fsp3) is 0.300. The van der Waals surface area contributed by atoms with Gasteiger partial charge in [-0.2, -0.15) is 13.2 Å². The van der Waals surface area contributed by atoms with Gasteiger partial charge in [-0.15, -0.1) is 11.3 Å². The smallest absolute Gasteiger partial charge is 0.348 e. The molecular weight excluding hydrogens is 431 g/mol. The largest absolute Gasteiger partial charge is 0.416 e. The summed E-state index contributed by atoms with van der Waals surface area (Å²) >= 11 is 3.10. The second-order valence-electron chi connectivity index (χ2n) is 7.10. The zero-order valence-electron chi connectivity index (χ0n) is 16.1. The third-order valence-electron chi connectivity index (χ3n) is 4.90. The van der Waals surface area contributed by atoms with Crippen LogP contribution in [-0.4, -0.2) is 33.0 Å². The fourth-order valence-electron chi connectivity index (χ4n) is 3.36. The SMILES string of the molecule is CC1=C(c2nc3ccncc3s2)SC(N)N1C[C@H](N)Cc1ccc(C(F)(F)F)cc1.